The molecule has 6 N–H and O–H groups in total. The van der Waals surface area contributed by atoms with Gasteiger partial charge in [-0.2, -0.15) is 4.98 Å². The second kappa shape index (κ2) is 18.2. The summed E-state index contributed by atoms with van der Waals surface area (Å²) in [6.45, 7) is 4.43. The molecule has 0 aliphatic carbocycles. The molecule has 0 bridgehead atoms. The van der Waals surface area contributed by atoms with Crippen LogP contribution < -0.4 is 32.1 Å². The summed E-state index contributed by atoms with van der Waals surface area (Å²) in [6, 6.07) is 8.05. The van der Waals surface area contributed by atoms with Crippen LogP contribution >= 0.6 is 0 Å². The summed E-state index contributed by atoms with van der Waals surface area (Å²) in [5.41, 5.74) is 0.896. The molecule has 0 radical (unpaired) electrons. The molecule has 0 fully saturated rings. The Labute approximate surface area is 369 Å². The summed E-state index contributed by atoms with van der Waals surface area (Å²) < 4.78 is 24.4. The smallest absolute Gasteiger partial charge is 0.307 e. The van der Waals surface area contributed by atoms with Crippen molar-refractivity contribution in [3.05, 3.63) is 106 Å². The van der Waals surface area contributed by atoms with Crippen molar-refractivity contribution in [3.63, 3.8) is 0 Å². The fourth-order valence-electron chi connectivity index (χ4n) is 7.22. The minimum atomic E-state index is -1.23. The van der Waals surface area contributed by atoms with Gasteiger partial charge in [-0.1, -0.05) is 0 Å². The summed E-state index contributed by atoms with van der Waals surface area (Å²) in [5, 5.41) is 14.3. The standard InChI is InChI=1S/C42H47N13O10/c1-23(56)63-21-33-32(64-24(2)57)17-42(3,65-33)55-22-45-34-35(55)49-41(50-40(34)62)44-12-9-11-43-36(58)29-14-25(18-52(29)5)47-38(60)31-16-27(20-54(31)7)48-39(61)30-15-26(19-53(30)6)46-37(59)28-10-8-13-51(28)4/h8,10,13-16,18-20,22H,9,11-12,17,21H2,1-7H3,(H,43,58)(H,46,59)(H,47,60)(H,48,61)(H2,44,49,50,62). The Morgan fingerprint density at radius 2 is 1.35 bits per heavy atom. The van der Waals surface area contributed by atoms with Gasteiger partial charge >= 0.3 is 11.9 Å². The number of aromatic nitrogens is 8. The van der Waals surface area contributed by atoms with E-state index >= 15 is 0 Å². The highest BCUT2D eigenvalue weighted by molar-refractivity contribution is 6.08. The number of nitrogens with one attached hydrogen (secondary N) is 6. The molecule has 1 unspecified atom stereocenters. The molecule has 65 heavy (non-hydrogen) atoms. The number of nitrogens with zero attached hydrogens (tertiary/aromatic N) is 7. The number of rotatable bonds is 16. The molecule has 6 aromatic rings. The van der Waals surface area contributed by atoms with E-state index in [0.29, 0.717) is 35.7 Å². The number of esters is 2. The van der Waals surface area contributed by atoms with E-state index in [1.54, 1.807) is 96.4 Å². The predicted molar refractivity (Wildman–Crippen MR) is 234 cm³/mol. The van der Waals surface area contributed by atoms with Gasteiger partial charge in [0.1, 0.15) is 29.1 Å². The second-order valence-electron chi connectivity index (χ2n) is 15.5. The maximum absolute atomic E-state index is 13.3. The quantitative estimate of drug-likeness (QED) is 0.0604. The highest BCUT2D eigenvalue weighted by Gasteiger charge is 2.42. The minimum Gasteiger partial charge on any atom is -0.464 e. The van der Waals surface area contributed by atoms with Gasteiger partial charge in [0.2, 0.25) is 5.95 Å². The molecule has 0 saturated heterocycles. The number of hydrogen-bond donors (Lipinski definition) is 6. The van der Waals surface area contributed by atoms with Gasteiger partial charge in [0.25, 0.3) is 29.2 Å². The van der Waals surface area contributed by atoms with Crippen molar-refractivity contribution >= 4 is 69.7 Å². The molecule has 7 heterocycles. The lowest BCUT2D eigenvalue weighted by atomic mass is 10.1. The Bertz CT molecular complexity index is 2960. The molecule has 1 aliphatic rings. The molecule has 0 spiro atoms. The first-order valence-corrected chi connectivity index (χ1v) is 20.2. The van der Waals surface area contributed by atoms with Crippen LogP contribution in [0.5, 0.6) is 0 Å². The summed E-state index contributed by atoms with van der Waals surface area (Å²) in [5.74, 6) is -2.34. The van der Waals surface area contributed by atoms with Gasteiger partial charge in [-0.3, -0.25) is 43.1 Å². The SMILES string of the molecule is CC(=O)OCC1=C(OC(C)=O)CC(C)(n2cnc3c(=O)[nH]c(NCCCNC(=O)c4cc(NC(=O)c5cc(NC(=O)c6cc(NC(=O)c7cccn7C)cn6C)cn5C)cn4C)nc32)O1. The second-order valence-corrected chi connectivity index (χ2v) is 15.5. The van der Waals surface area contributed by atoms with Gasteiger partial charge in [-0.25, -0.2) is 4.98 Å². The zero-order valence-corrected chi connectivity index (χ0v) is 36.5. The molecular formula is C42H47N13O10. The Hall–Kier alpha value is -8.37. The summed E-state index contributed by atoms with van der Waals surface area (Å²) in [4.78, 5) is 100.0. The average molecular weight is 894 g/mol. The molecular weight excluding hydrogens is 847 g/mol. The minimum absolute atomic E-state index is 0.0390. The topological polar surface area (TPSA) is 274 Å². The molecule has 23 heteroatoms. The first kappa shape index (κ1) is 44.7. The van der Waals surface area contributed by atoms with Gasteiger partial charge in [-0.05, 0) is 43.7 Å². The molecule has 0 aromatic carbocycles. The van der Waals surface area contributed by atoms with Crippen LogP contribution in [0.3, 0.4) is 0 Å². The zero-order valence-electron chi connectivity index (χ0n) is 36.5. The number of aryl methyl sites for hydroxylation is 4. The molecule has 0 saturated carbocycles. The lowest BCUT2D eigenvalue weighted by molar-refractivity contribution is -0.142. The van der Waals surface area contributed by atoms with Crippen molar-refractivity contribution in [3.8, 4) is 0 Å². The highest BCUT2D eigenvalue weighted by atomic mass is 16.6. The zero-order chi connectivity index (χ0) is 46.7. The van der Waals surface area contributed by atoms with E-state index in [-0.39, 0.29) is 71.2 Å². The average Bonchev–Trinajstić information content (AvgIpc) is 4.09. The van der Waals surface area contributed by atoms with Crippen molar-refractivity contribution in [2.75, 3.05) is 41.0 Å². The molecule has 4 amide bonds. The summed E-state index contributed by atoms with van der Waals surface area (Å²) in [6.07, 6.45) is 8.43. The van der Waals surface area contributed by atoms with Crippen molar-refractivity contribution in [2.45, 2.75) is 39.3 Å². The Balaban J connectivity index is 0.903. The molecule has 340 valence electrons. The Morgan fingerprint density at radius 1 is 0.785 bits per heavy atom. The number of carbonyl (C=O) groups excluding carboxylic acids is 6. The number of hydrogen-bond acceptors (Lipinski definition) is 13. The van der Waals surface area contributed by atoms with E-state index in [9.17, 15) is 33.6 Å². The number of H-pyrrole nitrogens is 1. The van der Waals surface area contributed by atoms with Crippen molar-refractivity contribution in [1.82, 2.24) is 43.1 Å². The normalized spacial score (nSPS) is 14.5. The number of fused-ring (bicyclic) bond motifs is 1. The van der Waals surface area contributed by atoms with Crippen molar-refractivity contribution in [2.24, 2.45) is 28.2 Å². The van der Waals surface area contributed by atoms with Crippen LogP contribution in [0.2, 0.25) is 0 Å². The van der Waals surface area contributed by atoms with Crippen LogP contribution in [-0.4, -0.2) is 93.1 Å². The molecule has 1 atom stereocenters. The predicted octanol–water partition coefficient (Wildman–Crippen LogP) is 2.89. The number of imidazole rings is 1. The fraction of sp³-hybridized carbons (Fsp3) is 0.310. The largest absolute Gasteiger partial charge is 0.464 e. The first-order chi connectivity index (χ1) is 30.9. The number of carbonyl (C=O) groups is 6. The highest BCUT2D eigenvalue weighted by Crippen LogP contribution is 2.39. The molecule has 23 nitrogen and oxygen atoms in total. The fourth-order valence-corrected chi connectivity index (χ4v) is 7.22. The third-order valence-electron chi connectivity index (χ3n) is 10.3. The van der Waals surface area contributed by atoms with Crippen LogP contribution in [0.25, 0.3) is 11.2 Å². The van der Waals surface area contributed by atoms with Crippen LogP contribution in [0.1, 0.15) is 75.6 Å². The summed E-state index contributed by atoms with van der Waals surface area (Å²) >= 11 is 0. The molecule has 1 aliphatic heterocycles. The monoisotopic (exact) mass is 893 g/mol. The molecule has 7 rings (SSSR count). The number of ether oxygens (including phenoxy) is 3. The van der Waals surface area contributed by atoms with Gasteiger partial charge in [0.05, 0.1) is 23.5 Å². The van der Waals surface area contributed by atoms with E-state index < -0.39 is 40.9 Å². The van der Waals surface area contributed by atoms with Gasteiger partial charge in [0.15, 0.2) is 35.0 Å². The first-order valence-electron chi connectivity index (χ1n) is 20.2. The van der Waals surface area contributed by atoms with Crippen LogP contribution in [0, 0.1) is 0 Å². The maximum atomic E-state index is 13.3. The van der Waals surface area contributed by atoms with Crippen molar-refractivity contribution in [1.29, 1.82) is 0 Å². The summed E-state index contributed by atoms with van der Waals surface area (Å²) in [7, 11) is 6.75. The van der Waals surface area contributed by atoms with E-state index in [4.69, 9.17) is 14.2 Å². The number of aromatic amines is 1. The third-order valence-corrected chi connectivity index (χ3v) is 10.3. The Morgan fingerprint density at radius 3 is 1.89 bits per heavy atom. The molecule has 6 aromatic heterocycles. The number of anilines is 4. The van der Waals surface area contributed by atoms with E-state index in [1.807, 2.05) is 0 Å². The third kappa shape index (κ3) is 9.82. The van der Waals surface area contributed by atoms with Crippen LogP contribution in [0.4, 0.5) is 23.0 Å². The van der Waals surface area contributed by atoms with Crippen LogP contribution in [0.15, 0.2) is 77.8 Å². The van der Waals surface area contributed by atoms with Gasteiger partial charge < -0.3 is 59.1 Å². The maximum Gasteiger partial charge on any atom is 0.307 e. The lowest BCUT2D eigenvalue weighted by Gasteiger charge is -2.26. The van der Waals surface area contributed by atoms with E-state index in [2.05, 4.69) is 41.5 Å². The van der Waals surface area contributed by atoms with E-state index in [1.165, 1.54) is 36.9 Å². The Kier molecular flexibility index (Phi) is 12.5. The lowest BCUT2D eigenvalue weighted by Crippen LogP contribution is -2.30. The number of amides is 4. The van der Waals surface area contributed by atoms with E-state index in [0.717, 1.165) is 0 Å². The van der Waals surface area contributed by atoms with Gasteiger partial charge in [-0.15, -0.1) is 0 Å². The van der Waals surface area contributed by atoms with Crippen molar-refractivity contribution < 1.29 is 43.0 Å². The van der Waals surface area contributed by atoms with Gasteiger partial charge in [0, 0.05) is 79.9 Å². The van der Waals surface area contributed by atoms with Crippen LogP contribution in [-0.2, 0) is 57.7 Å².